The molecule has 1 aromatic heterocycles. The van der Waals surface area contributed by atoms with Crippen LogP contribution in [-0.2, 0) is 6.42 Å². The lowest BCUT2D eigenvalue weighted by molar-refractivity contribution is 1.22. The van der Waals surface area contributed by atoms with Gasteiger partial charge in [-0.05, 0) is 96.2 Å². The zero-order valence-electron chi connectivity index (χ0n) is 24.3. The minimum Gasteiger partial charge on any atom is -0.135 e. The number of hydrogen-bond donors (Lipinski definition) is 0. The molecule has 2 heterocycles. The lowest BCUT2D eigenvalue weighted by Crippen LogP contribution is -1.92. The Hall–Kier alpha value is -4.63. The first-order valence-electron chi connectivity index (χ1n) is 15.1. The Bertz CT molecular complexity index is 2440. The van der Waals surface area contributed by atoms with E-state index in [0.717, 1.165) is 6.42 Å². The van der Waals surface area contributed by atoms with Crippen molar-refractivity contribution in [3.63, 3.8) is 0 Å². The molecule has 8 aromatic rings. The summed E-state index contributed by atoms with van der Waals surface area (Å²) in [4.78, 5) is 2.79. The van der Waals surface area contributed by atoms with E-state index >= 15 is 0 Å². The molecule has 0 saturated heterocycles. The van der Waals surface area contributed by atoms with Crippen LogP contribution in [0.25, 0.3) is 69.2 Å². The molecule has 0 amide bonds. The van der Waals surface area contributed by atoms with E-state index in [0.29, 0.717) is 0 Å². The van der Waals surface area contributed by atoms with Crippen LogP contribution in [0.15, 0.2) is 149 Å². The van der Waals surface area contributed by atoms with Crippen LogP contribution in [0.3, 0.4) is 0 Å². The maximum Gasteiger partial charge on any atom is 0.0361 e. The quantitative estimate of drug-likeness (QED) is 0.183. The van der Waals surface area contributed by atoms with Gasteiger partial charge >= 0.3 is 0 Å². The third kappa shape index (κ3) is 4.06. The molecule has 1 aliphatic rings. The molecule has 0 aliphatic carbocycles. The van der Waals surface area contributed by atoms with Crippen molar-refractivity contribution in [1.82, 2.24) is 0 Å². The fraction of sp³-hybridized carbons (Fsp3) is 0.0476. The zero-order valence-corrected chi connectivity index (χ0v) is 25.9. The average Bonchev–Trinajstić information content (AvgIpc) is 3.66. The van der Waals surface area contributed by atoms with Crippen molar-refractivity contribution in [2.24, 2.45) is 0 Å². The van der Waals surface area contributed by atoms with E-state index in [1.54, 1.807) is 0 Å². The monoisotopic (exact) mass is 596 g/mol. The van der Waals surface area contributed by atoms with Gasteiger partial charge in [0.25, 0.3) is 0 Å². The molecule has 0 spiro atoms. The van der Waals surface area contributed by atoms with Crippen LogP contribution in [0.4, 0.5) is 0 Å². The number of thiophene rings is 1. The van der Waals surface area contributed by atoms with Crippen LogP contribution in [0.2, 0.25) is 0 Å². The van der Waals surface area contributed by atoms with E-state index in [4.69, 9.17) is 0 Å². The normalized spacial score (nSPS) is 14.5. The molecule has 0 atom stereocenters. The number of fused-ring (bicyclic) bond motifs is 8. The Morgan fingerprint density at radius 1 is 0.614 bits per heavy atom. The van der Waals surface area contributed by atoms with Gasteiger partial charge in [0, 0.05) is 31.5 Å². The SMILES string of the molecule is C/C(=C\C=C1/Cc2cc3ccc4sc5ccccc5c4c3cc2S1)c1c2ccccc2c(-c2ccccc2)c2ccccc12. The summed E-state index contributed by atoms with van der Waals surface area (Å²) in [7, 11) is 0. The molecule has 0 nitrogen and oxygen atoms in total. The van der Waals surface area contributed by atoms with Crippen LogP contribution >= 0.6 is 23.1 Å². The van der Waals surface area contributed by atoms with Crippen molar-refractivity contribution in [3.05, 3.63) is 156 Å². The van der Waals surface area contributed by atoms with Gasteiger partial charge in [-0.25, -0.2) is 0 Å². The first-order chi connectivity index (χ1) is 21.7. The minimum absolute atomic E-state index is 0.983. The van der Waals surface area contributed by atoms with Crippen LogP contribution in [0.1, 0.15) is 18.1 Å². The van der Waals surface area contributed by atoms with Crippen molar-refractivity contribution in [2.75, 3.05) is 0 Å². The Morgan fingerprint density at radius 2 is 1.27 bits per heavy atom. The smallest absolute Gasteiger partial charge is 0.0361 e. The molecule has 0 radical (unpaired) electrons. The average molecular weight is 597 g/mol. The fourth-order valence-electron chi connectivity index (χ4n) is 7.08. The minimum atomic E-state index is 0.983. The van der Waals surface area contributed by atoms with E-state index < -0.39 is 0 Å². The molecule has 9 rings (SSSR count). The van der Waals surface area contributed by atoms with Crippen LogP contribution in [0.5, 0.6) is 0 Å². The largest absolute Gasteiger partial charge is 0.135 e. The van der Waals surface area contributed by atoms with E-state index in [1.165, 1.54) is 90.1 Å². The highest BCUT2D eigenvalue weighted by Crippen LogP contribution is 2.46. The molecular weight excluding hydrogens is 569 g/mol. The fourth-order valence-corrected chi connectivity index (χ4v) is 9.29. The van der Waals surface area contributed by atoms with Gasteiger partial charge in [0.2, 0.25) is 0 Å². The van der Waals surface area contributed by atoms with Gasteiger partial charge in [0.1, 0.15) is 0 Å². The molecule has 1 aliphatic heterocycles. The summed E-state index contributed by atoms with van der Waals surface area (Å²) >= 11 is 3.83. The van der Waals surface area contributed by atoms with Gasteiger partial charge in [0.15, 0.2) is 0 Å². The van der Waals surface area contributed by atoms with Crippen LogP contribution in [0, 0.1) is 0 Å². The Morgan fingerprint density at radius 3 is 2.02 bits per heavy atom. The lowest BCUT2D eigenvalue weighted by atomic mass is 9.86. The highest BCUT2D eigenvalue weighted by atomic mass is 32.2. The van der Waals surface area contributed by atoms with Crippen LogP contribution in [-0.4, -0.2) is 0 Å². The van der Waals surface area contributed by atoms with Crippen LogP contribution < -0.4 is 0 Å². The third-order valence-electron chi connectivity index (χ3n) is 9.05. The topological polar surface area (TPSA) is 0 Å². The van der Waals surface area contributed by atoms with Gasteiger partial charge in [0.05, 0.1) is 0 Å². The van der Waals surface area contributed by atoms with Crippen molar-refractivity contribution < 1.29 is 0 Å². The highest BCUT2D eigenvalue weighted by molar-refractivity contribution is 8.03. The molecule has 0 fully saturated rings. The first kappa shape index (κ1) is 25.8. The van der Waals surface area contributed by atoms with Crippen molar-refractivity contribution in [3.8, 4) is 11.1 Å². The van der Waals surface area contributed by atoms with E-state index in [9.17, 15) is 0 Å². The van der Waals surface area contributed by atoms with Gasteiger partial charge < -0.3 is 0 Å². The molecule has 0 unspecified atom stereocenters. The van der Waals surface area contributed by atoms with E-state index in [2.05, 4.69) is 146 Å². The summed E-state index contributed by atoms with van der Waals surface area (Å²) in [5, 5.41) is 10.7. The molecule has 7 aromatic carbocycles. The number of benzene rings is 7. The predicted octanol–water partition coefficient (Wildman–Crippen LogP) is 12.8. The summed E-state index contributed by atoms with van der Waals surface area (Å²) in [6.45, 7) is 2.27. The molecular formula is C42H28S2. The number of allylic oxidation sites excluding steroid dienone is 4. The summed E-state index contributed by atoms with van der Waals surface area (Å²) in [6.07, 6.45) is 5.68. The maximum atomic E-state index is 2.44. The molecule has 2 heteroatoms. The molecule has 0 saturated carbocycles. The Kier molecular flexibility index (Phi) is 6.01. The standard InChI is InChI=1S/C42H28S2/c1-26(40-31-13-5-7-15-33(31)41(27-11-3-2-4-12-27)34-16-8-6-14-32(34)40)19-21-30-24-29-23-28-20-22-38-42(36(28)25-39(29)43-30)35-17-9-10-18-37(35)44-38/h2-23,25H,24H2,1H3/b26-19+,30-21+. The summed E-state index contributed by atoms with van der Waals surface area (Å²) in [6, 6.07) is 46.9. The Labute approximate surface area is 265 Å². The molecule has 208 valence electrons. The second kappa shape index (κ2) is 10.2. The van der Waals surface area contributed by atoms with Crippen molar-refractivity contribution in [1.29, 1.82) is 0 Å². The van der Waals surface area contributed by atoms with E-state index in [-0.39, 0.29) is 0 Å². The molecule has 0 bridgehead atoms. The second-order valence-corrected chi connectivity index (χ2v) is 13.9. The van der Waals surface area contributed by atoms with Crippen molar-refractivity contribution in [2.45, 2.75) is 18.2 Å². The highest BCUT2D eigenvalue weighted by Gasteiger charge is 2.20. The Balaban J connectivity index is 1.15. The lowest BCUT2D eigenvalue weighted by Gasteiger charge is -2.17. The zero-order chi connectivity index (χ0) is 29.2. The van der Waals surface area contributed by atoms with Gasteiger partial charge in [-0.3, -0.25) is 0 Å². The summed E-state index contributed by atoms with van der Waals surface area (Å²) in [5.74, 6) is 0. The number of hydrogen-bond acceptors (Lipinski definition) is 2. The van der Waals surface area contributed by atoms with Crippen molar-refractivity contribution >= 4 is 81.2 Å². The first-order valence-corrected chi connectivity index (χ1v) is 16.8. The summed E-state index contributed by atoms with van der Waals surface area (Å²) in [5.41, 5.74) is 6.62. The number of thioether (sulfide) groups is 1. The van der Waals surface area contributed by atoms with E-state index in [1.807, 2.05) is 23.1 Å². The van der Waals surface area contributed by atoms with Gasteiger partial charge in [-0.15, -0.1) is 11.3 Å². The van der Waals surface area contributed by atoms with Gasteiger partial charge in [-0.1, -0.05) is 127 Å². The second-order valence-electron chi connectivity index (χ2n) is 11.7. The molecule has 0 N–H and O–H groups in total. The summed E-state index contributed by atoms with van der Waals surface area (Å²) < 4.78 is 2.73. The number of rotatable bonds is 3. The predicted molar refractivity (Wildman–Crippen MR) is 195 cm³/mol. The third-order valence-corrected chi connectivity index (χ3v) is 11.3. The van der Waals surface area contributed by atoms with Gasteiger partial charge in [-0.2, -0.15) is 0 Å². The maximum absolute atomic E-state index is 2.44. The molecule has 44 heavy (non-hydrogen) atoms.